The number of nitrogens with zero attached hydrogens (tertiary/aromatic N) is 1. The number of carbonyl (C=O) groups excluding carboxylic acids is 1. The maximum absolute atomic E-state index is 12.8. The third-order valence-corrected chi connectivity index (χ3v) is 6.64. The number of carbonyl (C=O) groups is 1. The molecule has 0 fully saturated rings. The van der Waals surface area contributed by atoms with Gasteiger partial charge < -0.3 is 5.32 Å². The minimum Gasteiger partial charge on any atom is -0.322 e. The first kappa shape index (κ1) is 20.8. The molecule has 1 amide bonds. The van der Waals surface area contributed by atoms with Crippen molar-refractivity contribution in [2.75, 3.05) is 11.9 Å². The molecule has 0 spiro atoms. The van der Waals surface area contributed by atoms with Crippen LogP contribution in [-0.4, -0.2) is 25.2 Å². The summed E-state index contributed by atoms with van der Waals surface area (Å²) in [5.74, 6) is -0.199. The lowest BCUT2D eigenvalue weighted by Gasteiger charge is -2.20. The fraction of sp³-hybridized carbons (Fsp3) is 0.174. The predicted octanol–water partition coefficient (Wildman–Crippen LogP) is 4.46. The van der Waals surface area contributed by atoms with Gasteiger partial charge in [-0.15, -0.1) is 0 Å². The van der Waals surface area contributed by atoms with Gasteiger partial charge in [0.05, 0.1) is 4.90 Å². The van der Waals surface area contributed by atoms with Crippen LogP contribution in [0.5, 0.6) is 0 Å². The maximum Gasteiger partial charge on any atom is 0.255 e. The average Bonchev–Trinajstić information content (AvgIpc) is 2.74. The SMILES string of the molecule is CCN(Cc1ccc(C(=O)Nc2ccccc2C)cc1)S(=O)(=O)c1ccccc1. The molecule has 3 aromatic rings. The van der Waals surface area contributed by atoms with Crippen LogP contribution in [0.3, 0.4) is 0 Å². The van der Waals surface area contributed by atoms with Crippen molar-refractivity contribution in [1.29, 1.82) is 0 Å². The van der Waals surface area contributed by atoms with Crippen LogP contribution >= 0.6 is 0 Å². The maximum atomic E-state index is 12.8. The van der Waals surface area contributed by atoms with Crippen LogP contribution < -0.4 is 5.32 Å². The van der Waals surface area contributed by atoms with Crippen molar-refractivity contribution in [3.8, 4) is 0 Å². The summed E-state index contributed by atoms with van der Waals surface area (Å²) in [6.45, 7) is 4.34. The smallest absolute Gasteiger partial charge is 0.255 e. The molecule has 29 heavy (non-hydrogen) atoms. The Kier molecular flexibility index (Phi) is 6.46. The van der Waals surface area contributed by atoms with Crippen LogP contribution in [0.25, 0.3) is 0 Å². The molecular formula is C23H24N2O3S. The topological polar surface area (TPSA) is 66.5 Å². The van der Waals surface area contributed by atoms with Gasteiger partial charge in [0.2, 0.25) is 10.0 Å². The second-order valence-electron chi connectivity index (χ2n) is 6.71. The number of hydrogen-bond donors (Lipinski definition) is 1. The van der Waals surface area contributed by atoms with Gasteiger partial charge in [-0.2, -0.15) is 4.31 Å². The third kappa shape index (κ3) is 4.91. The summed E-state index contributed by atoms with van der Waals surface area (Å²) < 4.78 is 27.1. The molecule has 5 nitrogen and oxygen atoms in total. The number of anilines is 1. The Balaban J connectivity index is 1.72. The lowest BCUT2D eigenvalue weighted by atomic mass is 10.1. The molecule has 0 bridgehead atoms. The molecule has 3 aromatic carbocycles. The monoisotopic (exact) mass is 408 g/mol. The molecule has 0 radical (unpaired) electrons. The summed E-state index contributed by atoms with van der Waals surface area (Å²) in [7, 11) is -3.57. The van der Waals surface area contributed by atoms with E-state index < -0.39 is 10.0 Å². The van der Waals surface area contributed by atoms with Gasteiger partial charge in [-0.05, 0) is 48.4 Å². The van der Waals surface area contributed by atoms with E-state index in [1.165, 1.54) is 4.31 Å². The molecule has 0 heterocycles. The summed E-state index contributed by atoms with van der Waals surface area (Å²) in [5, 5.41) is 2.90. The molecule has 0 aliphatic rings. The Bertz CT molecular complexity index is 1080. The second-order valence-corrected chi connectivity index (χ2v) is 8.65. The molecule has 0 atom stereocenters. The van der Waals surface area contributed by atoms with E-state index in [0.29, 0.717) is 12.1 Å². The summed E-state index contributed by atoms with van der Waals surface area (Å²) in [5.41, 5.74) is 3.10. The summed E-state index contributed by atoms with van der Waals surface area (Å²) in [6, 6.07) is 23.0. The van der Waals surface area contributed by atoms with Gasteiger partial charge in [0.25, 0.3) is 5.91 Å². The van der Waals surface area contributed by atoms with Crippen LogP contribution in [0.1, 0.15) is 28.4 Å². The highest BCUT2D eigenvalue weighted by Gasteiger charge is 2.23. The van der Waals surface area contributed by atoms with Gasteiger partial charge in [0.15, 0.2) is 0 Å². The minimum absolute atomic E-state index is 0.199. The Morgan fingerprint density at radius 2 is 1.52 bits per heavy atom. The molecule has 1 N–H and O–H groups in total. The van der Waals surface area contributed by atoms with E-state index in [1.807, 2.05) is 38.1 Å². The van der Waals surface area contributed by atoms with E-state index in [9.17, 15) is 13.2 Å². The van der Waals surface area contributed by atoms with Crippen molar-refractivity contribution in [2.45, 2.75) is 25.3 Å². The first-order chi connectivity index (χ1) is 13.9. The number of sulfonamides is 1. The Morgan fingerprint density at radius 1 is 0.897 bits per heavy atom. The van der Waals surface area contributed by atoms with Crippen LogP contribution in [0.4, 0.5) is 5.69 Å². The molecule has 150 valence electrons. The van der Waals surface area contributed by atoms with Gasteiger partial charge in [0, 0.05) is 24.3 Å². The number of aryl methyl sites for hydroxylation is 1. The number of amides is 1. The molecule has 0 aliphatic carbocycles. The van der Waals surface area contributed by atoms with Gasteiger partial charge in [0.1, 0.15) is 0 Å². The highest BCUT2D eigenvalue weighted by Crippen LogP contribution is 2.19. The Labute approximate surface area is 172 Å². The zero-order valence-electron chi connectivity index (χ0n) is 16.5. The average molecular weight is 409 g/mol. The number of para-hydroxylation sites is 1. The van der Waals surface area contributed by atoms with E-state index in [-0.39, 0.29) is 17.3 Å². The number of rotatable bonds is 7. The van der Waals surface area contributed by atoms with Crippen molar-refractivity contribution in [3.05, 3.63) is 95.6 Å². The van der Waals surface area contributed by atoms with E-state index >= 15 is 0 Å². The van der Waals surface area contributed by atoms with Crippen molar-refractivity contribution < 1.29 is 13.2 Å². The number of hydrogen-bond acceptors (Lipinski definition) is 3. The van der Waals surface area contributed by atoms with E-state index in [4.69, 9.17) is 0 Å². The molecule has 0 aliphatic heterocycles. The molecular weight excluding hydrogens is 384 g/mol. The largest absolute Gasteiger partial charge is 0.322 e. The second kappa shape index (κ2) is 9.03. The molecule has 3 rings (SSSR count). The van der Waals surface area contributed by atoms with E-state index in [2.05, 4.69) is 5.32 Å². The molecule has 0 saturated heterocycles. The lowest BCUT2D eigenvalue weighted by Crippen LogP contribution is -2.30. The minimum atomic E-state index is -3.57. The highest BCUT2D eigenvalue weighted by atomic mass is 32.2. The van der Waals surface area contributed by atoms with E-state index in [1.54, 1.807) is 54.6 Å². The van der Waals surface area contributed by atoms with Crippen LogP contribution in [-0.2, 0) is 16.6 Å². The zero-order chi connectivity index (χ0) is 20.9. The van der Waals surface area contributed by atoms with Gasteiger partial charge >= 0.3 is 0 Å². The first-order valence-electron chi connectivity index (χ1n) is 9.43. The fourth-order valence-corrected chi connectivity index (χ4v) is 4.44. The molecule has 6 heteroatoms. The quantitative estimate of drug-likeness (QED) is 0.628. The first-order valence-corrected chi connectivity index (χ1v) is 10.9. The normalized spacial score (nSPS) is 11.4. The van der Waals surface area contributed by atoms with Crippen LogP contribution in [0.2, 0.25) is 0 Å². The highest BCUT2D eigenvalue weighted by molar-refractivity contribution is 7.89. The molecule has 0 saturated carbocycles. The number of benzene rings is 3. The van der Waals surface area contributed by atoms with Crippen LogP contribution in [0.15, 0.2) is 83.8 Å². The fourth-order valence-electron chi connectivity index (χ4n) is 2.98. The van der Waals surface area contributed by atoms with Crippen molar-refractivity contribution in [3.63, 3.8) is 0 Å². The third-order valence-electron chi connectivity index (χ3n) is 4.70. The van der Waals surface area contributed by atoms with Crippen molar-refractivity contribution in [2.24, 2.45) is 0 Å². The van der Waals surface area contributed by atoms with Gasteiger partial charge in [-0.3, -0.25) is 4.79 Å². The summed E-state index contributed by atoms with van der Waals surface area (Å²) >= 11 is 0. The Hall–Kier alpha value is -2.96. The Morgan fingerprint density at radius 3 is 2.14 bits per heavy atom. The van der Waals surface area contributed by atoms with Crippen LogP contribution in [0, 0.1) is 6.92 Å². The van der Waals surface area contributed by atoms with Gasteiger partial charge in [-0.1, -0.05) is 55.5 Å². The lowest BCUT2D eigenvalue weighted by molar-refractivity contribution is 0.102. The van der Waals surface area contributed by atoms with Crippen molar-refractivity contribution >= 4 is 21.6 Å². The summed E-state index contributed by atoms with van der Waals surface area (Å²) in [6.07, 6.45) is 0. The van der Waals surface area contributed by atoms with Crippen molar-refractivity contribution in [1.82, 2.24) is 4.31 Å². The summed E-state index contributed by atoms with van der Waals surface area (Å²) in [4.78, 5) is 12.8. The standard InChI is InChI=1S/C23H24N2O3S/c1-3-25(29(27,28)21-10-5-4-6-11-21)17-19-13-15-20(16-14-19)23(26)24-22-12-8-7-9-18(22)2/h4-16H,3,17H2,1-2H3,(H,24,26). The zero-order valence-corrected chi connectivity index (χ0v) is 17.3. The van der Waals surface area contributed by atoms with E-state index in [0.717, 1.165) is 16.8 Å². The predicted molar refractivity (Wildman–Crippen MR) is 115 cm³/mol. The van der Waals surface area contributed by atoms with Gasteiger partial charge in [-0.25, -0.2) is 8.42 Å². The molecule has 0 aromatic heterocycles. The molecule has 0 unspecified atom stereocenters. The number of nitrogens with one attached hydrogen (secondary N) is 1.